The third-order valence-electron chi connectivity index (χ3n) is 2.66. The van der Waals surface area contributed by atoms with Gasteiger partial charge in [-0.05, 0) is 6.07 Å². The molecule has 0 spiro atoms. The van der Waals surface area contributed by atoms with E-state index in [4.69, 9.17) is 28.3 Å². The van der Waals surface area contributed by atoms with Crippen LogP contribution in [-0.4, -0.2) is 40.0 Å². The number of carbonyl (C=O) groups excluding carboxylic acids is 1. The fraction of sp³-hybridized carbons (Fsp3) is 0.400. The van der Waals surface area contributed by atoms with Crippen molar-refractivity contribution >= 4 is 35.1 Å². The van der Waals surface area contributed by atoms with Gasteiger partial charge in [-0.1, -0.05) is 23.2 Å². The Labute approximate surface area is 107 Å². The first-order valence-electron chi connectivity index (χ1n) is 5.02. The van der Waals surface area contributed by atoms with E-state index in [0.717, 1.165) is 0 Å². The maximum absolute atomic E-state index is 11.9. The van der Waals surface area contributed by atoms with Crippen molar-refractivity contribution in [3.05, 3.63) is 21.9 Å². The summed E-state index contributed by atoms with van der Waals surface area (Å²) in [5.74, 6) is -1.01. The van der Waals surface area contributed by atoms with Crippen LogP contribution in [0.15, 0.2) is 6.07 Å². The maximum atomic E-state index is 11.9. The van der Waals surface area contributed by atoms with Crippen LogP contribution in [0.4, 0.5) is 0 Å². The van der Waals surface area contributed by atoms with Crippen LogP contribution in [-0.2, 0) is 4.79 Å². The summed E-state index contributed by atoms with van der Waals surface area (Å²) in [6.07, 6.45) is 0.0933. The summed E-state index contributed by atoms with van der Waals surface area (Å²) in [6.45, 7) is 0.915. The van der Waals surface area contributed by atoms with Crippen molar-refractivity contribution in [3.8, 4) is 0 Å². The molecule has 1 aliphatic heterocycles. The molecule has 2 rings (SSSR count). The van der Waals surface area contributed by atoms with Crippen molar-refractivity contribution in [3.63, 3.8) is 0 Å². The highest BCUT2D eigenvalue weighted by Crippen LogP contribution is 2.25. The lowest BCUT2D eigenvalue weighted by Crippen LogP contribution is -2.50. The van der Waals surface area contributed by atoms with Crippen LogP contribution < -0.4 is 0 Å². The van der Waals surface area contributed by atoms with Crippen LogP contribution >= 0.6 is 23.2 Å². The standard InChI is InChI=1S/C10H10Cl2N2O3/c11-6-2-7(13-9(6)12)10(17)14-3-5(4-14)1-8(15)16/h2,5,13H,1,3-4H2,(H,15,16). The summed E-state index contributed by atoms with van der Waals surface area (Å²) in [6, 6.07) is 1.47. The molecule has 5 nitrogen and oxygen atoms in total. The third kappa shape index (κ3) is 2.56. The summed E-state index contributed by atoms with van der Waals surface area (Å²) < 4.78 is 0. The highest BCUT2D eigenvalue weighted by atomic mass is 35.5. The smallest absolute Gasteiger partial charge is 0.303 e. The van der Waals surface area contributed by atoms with Crippen LogP contribution in [0.3, 0.4) is 0 Å². The van der Waals surface area contributed by atoms with Gasteiger partial charge in [0.2, 0.25) is 0 Å². The van der Waals surface area contributed by atoms with Crippen molar-refractivity contribution in [2.24, 2.45) is 5.92 Å². The summed E-state index contributed by atoms with van der Waals surface area (Å²) in [4.78, 5) is 26.5. The number of amides is 1. The Morgan fingerprint density at radius 3 is 2.59 bits per heavy atom. The first-order chi connectivity index (χ1) is 7.97. The molecule has 1 aromatic rings. The number of halogens is 2. The second-order valence-corrected chi connectivity index (χ2v) is 4.80. The number of rotatable bonds is 3. The monoisotopic (exact) mass is 276 g/mol. The number of carboxylic acids is 1. The number of nitrogens with zero attached hydrogens (tertiary/aromatic N) is 1. The molecule has 0 radical (unpaired) electrons. The predicted octanol–water partition coefficient (Wildman–Crippen LogP) is 1.87. The summed E-state index contributed by atoms with van der Waals surface area (Å²) in [5.41, 5.74) is 0.328. The number of aromatic nitrogens is 1. The Hall–Kier alpha value is -1.20. The normalized spacial score (nSPS) is 15.8. The molecular weight excluding hydrogens is 267 g/mol. The first-order valence-corrected chi connectivity index (χ1v) is 5.78. The minimum atomic E-state index is -0.840. The van der Waals surface area contributed by atoms with Gasteiger partial charge >= 0.3 is 5.97 Å². The van der Waals surface area contributed by atoms with Crippen LogP contribution in [0.2, 0.25) is 10.2 Å². The van der Waals surface area contributed by atoms with E-state index in [-0.39, 0.29) is 23.4 Å². The Morgan fingerprint density at radius 1 is 1.47 bits per heavy atom. The van der Waals surface area contributed by atoms with Crippen LogP contribution in [0, 0.1) is 5.92 Å². The fourth-order valence-electron chi connectivity index (χ4n) is 1.80. The summed E-state index contributed by atoms with van der Waals surface area (Å²) >= 11 is 11.4. The number of aromatic amines is 1. The van der Waals surface area contributed by atoms with Crippen molar-refractivity contribution in [2.45, 2.75) is 6.42 Å². The van der Waals surface area contributed by atoms with Crippen molar-refractivity contribution in [1.29, 1.82) is 0 Å². The second kappa shape index (κ2) is 4.58. The average Bonchev–Trinajstić information content (AvgIpc) is 2.51. The average molecular weight is 277 g/mol. The SMILES string of the molecule is O=C(O)CC1CN(C(=O)c2cc(Cl)c(Cl)[nH]2)C1. The van der Waals surface area contributed by atoms with Crippen LogP contribution in [0.5, 0.6) is 0 Å². The van der Waals surface area contributed by atoms with Gasteiger partial charge in [0.1, 0.15) is 10.8 Å². The molecule has 1 fully saturated rings. The minimum Gasteiger partial charge on any atom is -0.481 e. The molecule has 92 valence electrons. The van der Waals surface area contributed by atoms with Crippen molar-refractivity contribution in [1.82, 2.24) is 9.88 Å². The molecule has 0 aromatic carbocycles. The lowest BCUT2D eigenvalue weighted by molar-refractivity contribution is -0.139. The molecule has 0 bridgehead atoms. The Balaban J connectivity index is 1.93. The molecule has 0 atom stereocenters. The predicted molar refractivity (Wildman–Crippen MR) is 62.5 cm³/mol. The number of likely N-dealkylation sites (tertiary alicyclic amines) is 1. The van der Waals surface area contributed by atoms with Gasteiger partial charge < -0.3 is 15.0 Å². The fourth-order valence-corrected chi connectivity index (χ4v) is 2.11. The molecule has 1 saturated heterocycles. The number of hydrogen-bond donors (Lipinski definition) is 2. The topological polar surface area (TPSA) is 73.4 Å². The van der Waals surface area contributed by atoms with E-state index in [1.54, 1.807) is 4.90 Å². The molecule has 7 heteroatoms. The van der Waals surface area contributed by atoms with Gasteiger partial charge in [0.05, 0.1) is 11.4 Å². The van der Waals surface area contributed by atoms with E-state index < -0.39 is 5.97 Å². The largest absolute Gasteiger partial charge is 0.481 e. The number of H-pyrrole nitrogens is 1. The summed E-state index contributed by atoms with van der Waals surface area (Å²) in [5, 5.41) is 9.12. The number of carboxylic acid groups (broad SMARTS) is 1. The first kappa shape index (κ1) is 12.3. The maximum Gasteiger partial charge on any atom is 0.303 e. The van der Waals surface area contributed by atoms with Gasteiger partial charge in [0, 0.05) is 19.0 Å². The molecule has 1 aromatic heterocycles. The van der Waals surface area contributed by atoms with E-state index in [1.165, 1.54) is 6.07 Å². The van der Waals surface area contributed by atoms with Gasteiger partial charge in [-0.2, -0.15) is 0 Å². The van der Waals surface area contributed by atoms with E-state index >= 15 is 0 Å². The minimum absolute atomic E-state index is 0.0392. The molecule has 1 amide bonds. The zero-order valence-corrected chi connectivity index (χ0v) is 10.3. The quantitative estimate of drug-likeness (QED) is 0.885. The van der Waals surface area contributed by atoms with Gasteiger partial charge in [0.15, 0.2) is 0 Å². The highest BCUT2D eigenvalue weighted by Gasteiger charge is 2.33. The molecule has 0 unspecified atom stereocenters. The molecule has 0 saturated carbocycles. The van der Waals surface area contributed by atoms with E-state index in [9.17, 15) is 9.59 Å². The number of carbonyl (C=O) groups is 2. The number of nitrogens with one attached hydrogen (secondary N) is 1. The Morgan fingerprint density at radius 2 is 2.12 bits per heavy atom. The van der Waals surface area contributed by atoms with E-state index in [0.29, 0.717) is 23.8 Å². The summed E-state index contributed by atoms with van der Waals surface area (Å²) in [7, 11) is 0. The Bertz CT molecular complexity index is 447. The molecule has 17 heavy (non-hydrogen) atoms. The molecule has 2 N–H and O–H groups in total. The van der Waals surface area contributed by atoms with Crippen LogP contribution in [0.25, 0.3) is 0 Å². The lowest BCUT2D eigenvalue weighted by Gasteiger charge is -2.38. The Kier molecular flexibility index (Phi) is 3.31. The lowest BCUT2D eigenvalue weighted by atomic mass is 9.96. The number of aliphatic carboxylic acids is 1. The number of hydrogen-bond acceptors (Lipinski definition) is 2. The van der Waals surface area contributed by atoms with Crippen molar-refractivity contribution in [2.75, 3.05) is 13.1 Å². The molecular formula is C10H10Cl2N2O3. The van der Waals surface area contributed by atoms with Crippen molar-refractivity contribution < 1.29 is 14.7 Å². The zero-order valence-electron chi connectivity index (χ0n) is 8.74. The molecule has 2 heterocycles. The van der Waals surface area contributed by atoms with Gasteiger partial charge in [-0.3, -0.25) is 9.59 Å². The van der Waals surface area contributed by atoms with Gasteiger partial charge in [0.25, 0.3) is 5.91 Å². The molecule has 1 aliphatic rings. The van der Waals surface area contributed by atoms with Crippen LogP contribution in [0.1, 0.15) is 16.9 Å². The second-order valence-electron chi connectivity index (χ2n) is 4.02. The zero-order chi connectivity index (χ0) is 12.6. The highest BCUT2D eigenvalue weighted by molar-refractivity contribution is 6.41. The van der Waals surface area contributed by atoms with E-state index in [1.807, 2.05) is 0 Å². The van der Waals surface area contributed by atoms with Gasteiger partial charge in [-0.25, -0.2) is 0 Å². The van der Waals surface area contributed by atoms with Gasteiger partial charge in [-0.15, -0.1) is 0 Å². The third-order valence-corrected chi connectivity index (χ3v) is 3.36. The molecule has 0 aliphatic carbocycles. The van der Waals surface area contributed by atoms with E-state index in [2.05, 4.69) is 4.98 Å².